The highest BCUT2D eigenvalue weighted by Gasteiger charge is 2.18. The van der Waals surface area contributed by atoms with Gasteiger partial charge >= 0.3 is 5.97 Å². The Morgan fingerprint density at radius 2 is 1.90 bits per heavy atom. The number of aromatic nitrogens is 1. The second-order valence-electron chi connectivity index (χ2n) is 7.24. The number of fused-ring (bicyclic) bond motifs is 1. The van der Waals surface area contributed by atoms with Gasteiger partial charge in [0.15, 0.2) is 5.58 Å². The van der Waals surface area contributed by atoms with Crippen LogP contribution in [0.2, 0.25) is 0 Å². The third-order valence-corrected chi connectivity index (χ3v) is 5.11. The average Bonchev–Trinajstić information content (AvgIpc) is 3.13. The number of para-hydroxylation sites is 1. The lowest BCUT2D eigenvalue weighted by atomic mass is 9.97. The first-order valence-electron chi connectivity index (χ1n) is 9.77. The maximum atomic E-state index is 15.0. The van der Waals surface area contributed by atoms with E-state index >= 15 is 4.39 Å². The van der Waals surface area contributed by atoms with Crippen molar-refractivity contribution in [3.05, 3.63) is 82.8 Å². The van der Waals surface area contributed by atoms with Gasteiger partial charge in [0.2, 0.25) is 0 Å². The van der Waals surface area contributed by atoms with Crippen LogP contribution in [-0.2, 0) is 24.4 Å². The Morgan fingerprint density at radius 3 is 2.68 bits per heavy atom. The van der Waals surface area contributed by atoms with Crippen LogP contribution in [0, 0.1) is 12.7 Å². The van der Waals surface area contributed by atoms with E-state index in [1.807, 2.05) is 13.0 Å². The molecule has 0 aliphatic heterocycles. The Hall–Kier alpha value is -3.71. The van der Waals surface area contributed by atoms with Gasteiger partial charge in [0.05, 0.1) is 12.1 Å². The van der Waals surface area contributed by atoms with E-state index in [0.29, 0.717) is 39.3 Å². The van der Waals surface area contributed by atoms with Crippen LogP contribution in [0.3, 0.4) is 0 Å². The molecule has 4 aromatic rings. The Labute approximate surface area is 178 Å². The molecule has 0 spiro atoms. The van der Waals surface area contributed by atoms with Gasteiger partial charge in [-0.15, -0.1) is 0 Å². The van der Waals surface area contributed by atoms with Crippen molar-refractivity contribution in [1.82, 2.24) is 5.16 Å². The summed E-state index contributed by atoms with van der Waals surface area (Å²) >= 11 is 0. The molecular weight excluding hydrogens is 399 g/mol. The Bertz CT molecular complexity index is 1270. The van der Waals surface area contributed by atoms with Gasteiger partial charge < -0.3 is 20.1 Å². The van der Waals surface area contributed by atoms with Crippen molar-refractivity contribution >= 4 is 16.9 Å². The maximum Gasteiger partial charge on any atom is 0.307 e. The van der Waals surface area contributed by atoms with E-state index in [2.05, 4.69) is 5.16 Å². The molecule has 0 bridgehead atoms. The quantitative estimate of drug-likeness (QED) is 0.453. The minimum Gasteiger partial charge on any atom is -0.489 e. The van der Waals surface area contributed by atoms with E-state index in [1.54, 1.807) is 48.5 Å². The molecule has 0 amide bonds. The van der Waals surface area contributed by atoms with Crippen LogP contribution >= 0.6 is 0 Å². The first kappa shape index (κ1) is 20.6. The minimum atomic E-state index is -0.935. The highest BCUT2D eigenvalue weighted by atomic mass is 19.1. The van der Waals surface area contributed by atoms with Crippen LogP contribution in [-0.4, -0.2) is 16.2 Å². The molecule has 3 N–H and O–H groups in total. The molecule has 0 unspecified atom stereocenters. The van der Waals surface area contributed by atoms with Crippen molar-refractivity contribution in [2.45, 2.75) is 26.5 Å². The summed E-state index contributed by atoms with van der Waals surface area (Å²) in [4.78, 5) is 11.1. The molecule has 3 aromatic carbocycles. The largest absolute Gasteiger partial charge is 0.489 e. The molecule has 31 heavy (non-hydrogen) atoms. The van der Waals surface area contributed by atoms with Crippen LogP contribution in [0.5, 0.6) is 5.75 Å². The van der Waals surface area contributed by atoms with Crippen molar-refractivity contribution in [2.24, 2.45) is 5.73 Å². The zero-order chi connectivity index (χ0) is 22.0. The lowest BCUT2D eigenvalue weighted by Crippen LogP contribution is -2.04. The molecule has 0 aliphatic rings. The smallest absolute Gasteiger partial charge is 0.307 e. The van der Waals surface area contributed by atoms with Gasteiger partial charge in [-0.25, -0.2) is 4.39 Å². The molecule has 1 heterocycles. The second-order valence-corrected chi connectivity index (χ2v) is 7.24. The third-order valence-electron chi connectivity index (χ3n) is 5.11. The van der Waals surface area contributed by atoms with Gasteiger partial charge in [0.1, 0.15) is 18.2 Å². The SMILES string of the molecule is Cc1noc2c(-c3cccc(CN)c3F)cc(COc3ccccc3CC(=O)O)cc12. The third kappa shape index (κ3) is 4.13. The number of hydrogen-bond acceptors (Lipinski definition) is 5. The molecule has 0 atom stereocenters. The fourth-order valence-corrected chi connectivity index (χ4v) is 3.56. The summed E-state index contributed by atoms with van der Waals surface area (Å²) in [7, 11) is 0. The topological polar surface area (TPSA) is 98.6 Å². The van der Waals surface area contributed by atoms with Gasteiger partial charge in [-0.3, -0.25) is 4.79 Å². The Kier molecular flexibility index (Phi) is 5.68. The van der Waals surface area contributed by atoms with Crippen molar-refractivity contribution in [2.75, 3.05) is 0 Å². The number of ether oxygens (including phenoxy) is 1. The molecule has 4 rings (SSSR count). The Morgan fingerprint density at radius 1 is 1.13 bits per heavy atom. The van der Waals surface area contributed by atoms with E-state index in [0.717, 1.165) is 10.9 Å². The summed E-state index contributed by atoms with van der Waals surface area (Å²) in [5.41, 5.74) is 9.53. The maximum absolute atomic E-state index is 15.0. The van der Waals surface area contributed by atoms with E-state index in [4.69, 9.17) is 20.1 Å². The summed E-state index contributed by atoms with van der Waals surface area (Å²) in [5.74, 6) is -0.842. The van der Waals surface area contributed by atoms with Crippen LogP contribution in [0.1, 0.15) is 22.4 Å². The van der Waals surface area contributed by atoms with Crippen LogP contribution in [0.25, 0.3) is 22.1 Å². The molecule has 7 heteroatoms. The number of rotatable bonds is 7. The summed E-state index contributed by atoms with van der Waals surface area (Å²) in [5, 5.41) is 13.9. The lowest BCUT2D eigenvalue weighted by molar-refractivity contribution is -0.136. The minimum absolute atomic E-state index is 0.0847. The molecule has 0 radical (unpaired) electrons. The summed E-state index contributed by atoms with van der Waals surface area (Å²) in [6.45, 7) is 2.07. The van der Waals surface area contributed by atoms with Crippen LogP contribution in [0.15, 0.2) is 59.1 Å². The summed E-state index contributed by atoms with van der Waals surface area (Å²) < 4.78 is 26.4. The zero-order valence-corrected chi connectivity index (χ0v) is 16.9. The van der Waals surface area contributed by atoms with Crippen molar-refractivity contribution in [3.8, 4) is 16.9 Å². The number of aliphatic carboxylic acids is 1. The zero-order valence-electron chi connectivity index (χ0n) is 16.9. The normalized spacial score (nSPS) is 11.1. The fourth-order valence-electron chi connectivity index (χ4n) is 3.56. The predicted molar refractivity (Wildman–Crippen MR) is 114 cm³/mol. The number of benzene rings is 3. The summed E-state index contributed by atoms with van der Waals surface area (Å²) in [6.07, 6.45) is -0.137. The molecule has 0 fully saturated rings. The van der Waals surface area contributed by atoms with Gasteiger partial charge in [-0.1, -0.05) is 41.6 Å². The molecule has 1 aromatic heterocycles. The fraction of sp³-hybridized carbons (Fsp3) is 0.167. The highest BCUT2D eigenvalue weighted by molar-refractivity contribution is 5.94. The number of carboxylic acid groups (broad SMARTS) is 1. The number of nitrogens with two attached hydrogens (primary N) is 1. The molecule has 0 aliphatic carbocycles. The van der Waals surface area contributed by atoms with Crippen molar-refractivity contribution in [3.63, 3.8) is 0 Å². The van der Waals surface area contributed by atoms with E-state index in [1.165, 1.54) is 0 Å². The van der Waals surface area contributed by atoms with Crippen LogP contribution in [0.4, 0.5) is 4.39 Å². The number of carboxylic acids is 1. The second kappa shape index (κ2) is 8.57. The average molecular weight is 420 g/mol. The lowest BCUT2D eigenvalue weighted by Gasteiger charge is -2.13. The molecule has 6 nitrogen and oxygen atoms in total. The van der Waals surface area contributed by atoms with Gasteiger partial charge in [0.25, 0.3) is 0 Å². The first-order chi connectivity index (χ1) is 15.0. The van der Waals surface area contributed by atoms with Crippen molar-refractivity contribution in [1.29, 1.82) is 0 Å². The number of nitrogens with zero attached hydrogens (tertiary/aromatic N) is 1. The monoisotopic (exact) mass is 420 g/mol. The van der Waals surface area contributed by atoms with E-state index < -0.39 is 11.8 Å². The molecule has 0 saturated heterocycles. The number of aryl methyl sites for hydroxylation is 1. The van der Waals surface area contributed by atoms with E-state index in [-0.39, 0.29) is 19.6 Å². The first-order valence-corrected chi connectivity index (χ1v) is 9.77. The predicted octanol–water partition coefficient (Wildman–Crippen LogP) is 4.61. The van der Waals surface area contributed by atoms with Crippen molar-refractivity contribution < 1.29 is 23.6 Å². The molecule has 0 saturated carbocycles. The van der Waals surface area contributed by atoms with E-state index in [9.17, 15) is 4.79 Å². The molecular formula is C24H21FN2O4. The number of carbonyl (C=O) groups is 1. The number of halogens is 1. The van der Waals surface area contributed by atoms with Gasteiger partial charge in [-0.2, -0.15) is 0 Å². The van der Waals surface area contributed by atoms with Gasteiger partial charge in [0, 0.05) is 34.2 Å². The highest BCUT2D eigenvalue weighted by Crippen LogP contribution is 2.34. The Balaban J connectivity index is 1.74. The summed E-state index contributed by atoms with van der Waals surface area (Å²) in [6, 6.07) is 15.8. The van der Waals surface area contributed by atoms with Crippen LogP contribution < -0.4 is 10.5 Å². The molecule has 158 valence electrons. The van der Waals surface area contributed by atoms with Gasteiger partial charge in [-0.05, 0) is 30.7 Å². The number of hydrogen-bond donors (Lipinski definition) is 2. The standard InChI is InChI=1S/C24H21FN2O4/c1-14-19-9-15(13-30-21-8-3-2-5-16(21)11-22(28)29)10-20(24(19)31-27-14)18-7-4-6-17(12-26)23(18)25/h2-10H,11-13,26H2,1H3,(H,28,29).